The highest BCUT2D eigenvalue weighted by Crippen LogP contribution is 2.42. The Morgan fingerprint density at radius 3 is 2.64 bits per heavy atom. The molecule has 4 nitrogen and oxygen atoms in total. The van der Waals surface area contributed by atoms with Crippen LogP contribution in [0.1, 0.15) is 62.2 Å². The number of fused-ring (bicyclic) bond motifs is 1. The quantitative estimate of drug-likeness (QED) is 0.571. The van der Waals surface area contributed by atoms with Crippen LogP contribution in [0.3, 0.4) is 0 Å². The van der Waals surface area contributed by atoms with Gasteiger partial charge in [0.1, 0.15) is 12.2 Å². The molecule has 3 rings (SSSR count). The van der Waals surface area contributed by atoms with Crippen LogP contribution in [0.2, 0.25) is 0 Å². The normalized spacial score (nSPS) is 14.6. The van der Waals surface area contributed by atoms with E-state index >= 15 is 0 Å². The van der Waals surface area contributed by atoms with Crippen LogP contribution in [0.25, 0.3) is 0 Å². The average Bonchev–Trinajstić information content (AvgIpc) is 2.67. The number of nitrogens with zero attached hydrogens (tertiary/aromatic N) is 2. The first-order valence-corrected chi connectivity index (χ1v) is 10.7. The number of hydrogen-bond acceptors (Lipinski definition) is 5. The number of rotatable bonds is 4. The zero-order valence-electron chi connectivity index (χ0n) is 17.0. The number of carbonyl (C=O) groups is 1. The Bertz CT molecular complexity index is 924. The van der Waals surface area contributed by atoms with E-state index in [4.69, 9.17) is 4.74 Å². The van der Waals surface area contributed by atoms with Crippen molar-refractivity contribution in [2.75, 3.05) is 12.4 Å². The second kappa shape index (κ2) is 8.79. The van der Waals surface area contributed by atoms with Crippen molar-refractivity contribution in [2.24, 2.45) is 0 Å². The minimum Gasteiger partial charge on any atom is -0.466 e. The lowest BCUT2D eigenvalue weighted by atomic mass is 9.80. The van der Waals surface area contributed by atoms with E-state index in [1.807, 2.05) is 11.8 Å². The maximum atomic E-state index is 11.5. The molecule has 28 heavy (non-hydrogen) atoms. The fourth-order valence-electron chi connectivity index (χ4n) is 3.22. The van der Waals surface area contributed by atoms with Crippen molar-refractivity contribution >= 4 is 17.7 Å². The lowest BCUT2D eigenvalue weighted by molar-refractivity contribution is -0.142. The van der Waals surface area contributed by atoms with Crippen molar-refractivity contribution in [3.8, 4) is 11.8 Å². The molecular formula is C23H26N2O2S. The standard InChI is InChI=1S/C23H26N2O2S/c1-5-17-12-20-19(23(3,4)9-10-28-20)11-18(17)8-7-16-14-24-21(25-15-16)13-22(26)27-6-2/h11-12,14-15H,5-6,9-10,13H2,1-4H3. The van der Waals surface area contributed by atoms with Crippen molar-refractivity contribution < 1.29 is 9.53 Å². The Hall–Kier alpha value is -2.32. The number of aryl methyl sites for hydroxylation is 1. The van der Waals surface area contributed by atoms with Crippen molar-refractivity contribution in [1.29, 1.82) is 0 Å². The third-order valence-corrected chi connectivity index (χ3v) is 6.01. The predicted octanol–water partition coefficient (Wildman–Crippen LogP) is 4.32. The number of ether oxygens (including phenoxy) is 1. The molecule has 1 aliphatic heterocycles. The van der Waals surface area contributed by atoms with E-state index in [0.717, 1.165) is 17.5 Å². The Labute approximate surface area is 171 Å². The molecule has 0 amide bonds. The van der Waals surface area contributed by atoms with E-state index in [1.54, 1.807) is 19.3 Å². The van der Waals surface area contributed by atoms with Gasteiger partial charge >= 0.3 is 5.97 Å². The van der Waals surface area contributed by atoms with Gasteiger partial charge < -0.3 is 4.74 Å². The first-order chi connectivity index (χ1) is 13.4. The maximum absolute atomic E-state index is 11.5. The van der Waals surface area contributed by atoms with Gasteiger partial charge in [0.2, 0.25) is 0 Å². The molecular weight excluding hydrogens is 368 g/mol. The molecule has 5 heteroatoms. The van der Waals surface area contributed by atoms with E-state index in [-0.39, 0.29) is 17.8 Å². The van der Waals surface area contributed by atoms with Gasteiger partial charge in [-0.05, 0) is 54.2 Å². The smallest absolute Gasteiger partial charge is 0.313 e. The maximum Gasteiger partial charge on any atom is 0.313 e. The summed E-state index contributed by atoms with van der Waals surface area (Å²) in [6, 6.07) is 4.58. The van der Waals surface area contributed by atoms with Gasteiger partial charge in [-0.2, -0.15) is 0 Å². The highest BCUT2D eigenvalue weighted by atomic mass is 32.2. The Kier molecular flexibility index (Phi) is 6.41. The summed E-state index contributed by atoms with van der Waals surface area (Å²) in [4.78, 5) is 21.4. The van der Waals surface area contributed by atoms with Crippen LogP contribution in [0.15, 0.2) is 29.4 Å². The Morgan fingerprint density at radius 1 is 1.21 bits per heavy atom. The Balaban J connectivity index is 1.84. The van der Waals surface area contributed by atoms with Crippen LogP contribution in [0, 0.1) is 11.8 Å². The minimum atomic E-state index is -0.316. The average molecular weight is 395 g/mol. The van der Waals surface area contributed by atoms with Gasteiger partial charge in [0.05, 0.1) is 12.2 Å². The van der Waals surface area contributed by atoms with Crippen LogP contribution in [-0.2, 0) is 27.8 Å². The largest absolute Gasteiger partial charge is 0.466 e. The second-order valence-corrected chi connectivity index (χ2v) is 8.60. The number of carbonyl (C=O) groups excluding carboxylic acids is 1. The number of thioether (sulfide) groups is 1. The summed E-state index contributed by atoms with van der Waals surface area (Å²) in [6.45, 7) is 8.93. The Morgan fingerprint density at radius 2 is 1.96 bits per heavy atom. The van der Waals surface area contributed by atoms with Crippen molar-refractivity contribution in [3.05, 3.63) is 52.6 Å². The number of benzene rings is 1. The van der Waals surface area contributed by atoms with Crippen molar-refractivity contribution in [1.82, 2.24) is 9.97 Å². The van der Waals surface area contributed by atoms with Crippen molar-refractivity contribution in [2.45, 2.75) is 57.3 Å². The zero-order valence-corrected chi connectivity index (χ0v) is 17.8. The van der Waals surface area contributed by atoms with Gasteiger partial charge in [-0.25, -0.2) is 9.97 Å². The van der Waals surface area contributed by atoms with E-state index < -0.39 is 0 Å². The van der Waals surface area contributed by atoms with Gasteiger partial charge in [-0.3, -0.25) is 4.79 Å². The molecule has 0 aliphatic carbocycles. The first-order valence-electron chi connectivity index (χ1n) is 9.71. The van der Waals surface area contributed by atoms with Crippen LogP contribution in [-0.4, -0.2) is 28.3 Å². The van der Waals surface area contributed by atoms with Gasteiger partial charge in [0, 0.05) is 22.9 Å². The van der Waals surface area contributed by atoms with E-state index in [0.29, 0.717) is 12.4 Å². The molecule has 1 aromatic heterocycles. The van der Waals surface area contributed by atoms with Gasteiger partial charge in [0.15, 0.2) is 0 Å². The summed E-state index contributed by atoms with van der Waals surface area (Å²) in [7, 11) is 0. The highest BCUT2D eigenvalue weighted by Gasteiger charge is 2.28. The summed E-state index contributed by atoms with van der Waals surface area (Å²) in [5, 5.41) is 0. The zero-order chi connectivity index (χ0) is 20.1. The molecule has 0 spiro atoms. The molecule has 146 valence electrons. The number of hydrogen-bond donors (Lipinski definition) is 0. The van der Waals surface area contributed by atoms with Crippen molar-refractivity contribution in [3.63, 3.8) is 0 Å². The molecule has 2 heterocycles. The van der Waals surface area contributed by atoms with Gasteiger partial charge in [-0.1, -0.05) is 32.6 Å². The van der Waals surface area contributed by atoms with E-state index in [9.17, 15) is 4.79 Å². The summed E-state index contributed by atoms with van der Waals surface area (Å²) in [6.07, 6.45) is 5.54. The summed E-state index contributed by atoms with van der Waals surface area (Å²) in [5.41, 5.74) is 4.66. The van der Waals surface area contributed by atoms with E-state index in [1.165, 1.54) is 28.2 Å². The van der Waals surface area contributed by atoms with Gasteiger partial charge in [-0.15, -0.1) is 11.8 Å². The summed E-state index contributed by atoms with van der Waals surface area (Å²) in [5.74, 6) is 7.80. The SMILES string of the molecule is CCOC(=O)Cc1ncc(C#Cc2cc3c(cc2CC)SCCC3(C)C)cn1. The third-order valence-electron chi connectivity index (χ3n) is 4.95. The molecule has 0 unspecified atom stereocenters. The molecule has 1 aliphatic rings. The second-order valence-electron chi connectivity index (χ2n) is 7.46. The molecule has 0 radical (unpaired) electrons. The molecule has 1 aromatic carbocycles. The van der Waals surface area contributed by atoms with Crippen LogP contribution in [0.4, 0.5) is 0 Å². The monoisotopic (exact) mass is 394 g/mol. The molecule has 0 atom stereocenters. The summed E-state index contributed by atoms with van der Waals surface area (Å²) >= 11 is 1.95. The number of esters is 1. The van der Waals surface area contributed by atoms with Crippen LogP contribution >= 0.6 is 11.8 Å². The molecule has 0 saturated heterocycles. The molecule has 0 bridgehead atoms. The predicted molar refractivity (Wildman–Crippen MR) is 113 cm³/mol. The molecule has 0 saturated carbocycles. The third kappa shape index (κ3) is 4.74. The topological polar surface area (TPSA) is 52.1 Å². The fourth-order valence-corrected chi connectivity index (χ4v) is 4.77. The van der Waals surface area contributed by atoms with Crippen LogP contribution in [0.5, 0.6) is 0 Å². The highest BCUT2D eigenvalue weighted by molar-refractivity contribution is 7.99. The fraction of sp³-hybridized carbons (Fsp3) is 0.435. The number of aromatic nitrogens is 2. The lowest BCUT2D eigenvalue weighted by Gasteiger charge is -2.32. The lowest BCUT2D eigenvalue weighted by Crippen LogP contribution is -2.23. The first kappa shape index (κ1) is 20.4. The van der Waals surface area contributed by atoms with E-state index in [2.05, 4.69) is 54.7 Å². The minimum absolute atomic E-state index is 0.0824. The molecule has 0 fully saturated rings. The summed E-state index contributed by atoms with van der Waals surface area (Å²) < 4.78 is 4.92. The van der Waals surface area contributed by atoms with Gasteiger partial charge in [0.25, 0.3) is 0 Å². The van der Waals surface area contributed by atoms with Crippen LogP contribution < -0.4 is 0 Å². The molecule has 0 N–H and O–H groups in total. The molecule has 2 aromatic rings.